The number of nitrogens with one attached hydrogen (secondary N) is 1. The Labute approximate surface area is 121 Å². The smallest absolute Gasteiger partial charge is 0.269 e. The van der Waals surface area contributed by atoms with Crippen molar-refractivity contribution in [3.63, 3.8) is 0 Å². The van der Waals surface area contributed by atoms with Gasteiger partial charge in [0.05, 0.1) is 4.92 Å². The third kappa shape index (κ3) is 4.90. The molecule has 1 rings (SSSR count). The number of non-ortho nitro benzene ring substituents is 1. The molecule has 2 atom stereocenters. The molecule has 2 unspecified atom stereocenters. The Morgan fingerprint density at radius 3 is 2.45 bits per heavy atom. The van der Waals surface area contributed by atoms with Crippen LogP contribution in [0.3, 0.4) is 0 Å². The molecule has 0 saturated carbocycles. The van der Waals surface area contributed by atoms with Crippen molar-refractivity contribution in [2.45, 2.75) is 32.9 Å². The minimum Gasteiger partial charge on any atom is -0.308 e. The summed E-state index contributed by atoms with van der Waals surface area (Å²) in [5, 5.41) is 14.4. The summed E-state index contributed by atoms with van der Waals surface area (Å²) in [5.41, 5.74) is 1.09. The minimum absolute atomic E-state index is 0.0854. The highest BCUT2D eigenvalue weighted by atomic mass is 16.6. The first-order valence-corrected chi connectivity index (χ1v) is 6.96. The largest absolute Gasteiger partial charge is 0.308 e. The second kappa shape index (κ2) is 7.36. The highest BCUT2D eigenvalue weighted by Crippen LogP contribution is 2.20. The van der Waals surface area contributed by atoms with Crippen molar-refractivity contribution in [1.29, 1.82) is 0 Å². The zero-order valence-electron chi connectivity index (χ0n) is 13.0. The van der Waals surface area contributed by atoms with Gasteiger partial charge < -0.3 is 10.2 Å². The van der Waals surface area contributed by atoms with E-state index in [-0.39, 0.29) is 16.7 Å². The first kappa shape index (κ1) is 16.6. The van der Waals surface area contributed by atoms with Crippen LogP contribution in [0.1, 0.15) is 32.4 Å². The lowest BCUT2D eigenvalue weighted by atomic mass is 10.0. The lowest BCUT2D eigenvalue weighted by Crippen LogP contribution is -2.43. The molecule has 0 aromatic heterocycles. The molecule has 112 valence electrons. The molecular formula is C15H25N3O2. The summed E-state index contributed by atoms with van der Waals surface area (Å²) in [4.78, 5) is 12.6. The van der Waals surface area contributed by atoms with Crippen LogP contribution in [-0.2, 0) is 0 Å². The summed E-state index contributed by atoms with van der Waals surface area (Å²) in [5.74, 6) is 0.499. The van der Waals surface area contributed by atoms with E-state index in [1.165, 1.54) is 6.07 Å². The molecule has 0 aliphatic rings. The van der Waals surface area contributed by atoms with Gasteiger partial charge in [0.25, 0.3) is 5.69 Å². The van der Waals surface area contributed by atoms with Crippen molar-refractivity contribution in [3.05, 3.63) is 39.9 Å². The first-order valence-electron chi connectivity index (χ1n) is 6.96. The summed E-state index contributed by atoms with van der Waals surface area (Å²) in [6, 6.07) is 7.27. The van der Waals surface area contributed by atoms with E-state index in [9.17, 15) is 10.1 Å². The van der Waals surface area contributed by atoms with E-state index in [0.717, 1.165) is 12.1 Å². The predicted octanol–water partition coefficient (Wildman–Crippen LogP) is 2.83. The van der Waals surface area contributed by atoms with E-state index in [4.69, 9.17) is 0 Å². The highest BCUT2D eigenvalue weighted by Gasteiger charge is 2.18. The Kier molecular flexibility index (Phi) is 6.10. The van der Waals surface area contributed by atoms with Crippen molar-refractivity contribution < 1.29 is 4.92 Å². The summed E-state index contributed by atoms with van der Waals surface area (Å²) in [6.07, 6.45) is 0. The second-order valence-electron chi connectivity index (χ2n) is 5.85. The molecule has 0 bridgehead atoms. The normalized spacial score (nSPS) is 14.6. The third-order valence-corrected chi connectivity index (χ3v) is 3.41. The monoisotopic (exact) mass is 279 g/mol. The summed E-state index contributed by atoms with van der Waals surface area (Å²) in [6.45, 7) is 7.35. The fraction of sp³-hybridized carbons (Fsp3) is 0.600. The number of benzene rings is 1. The molecule has 0 heterocycles. The van der Waals surface area contributed by atoms with Crippen LogP contribution in [0.15, 0.2) is 24.3 Å². The molecule has 1 aromatic carbocycles. The van der Waals surface area contributed by atoms with E-state index in [1.54, 1.807) is 12.1 Å². The molecule has 0 fully saturated rings. The Hall–Kier alpha value is -1.46. The third-order valence-electron chi connectivity index (χ3n) is 3.41. The summed E-state index contributed by atoms with van der Waals surface area (Å²) < 4.78 is 0. The van der Waals surface area contributed by atoms with Gasteiger partial charge in [0.2, 0.25) is 0 Å². The number of hydrogen-bond donors (Lipinski definition) is 1. The fourth-order valence-corrected chi connectivity index (χ4v) is 2.17. The number of likely N-dealkylation sites (N-methyl/N-ethyl adjacent to an activating group) is 1. The van der Waals surface area contributed by atoms with E-state index in [1.807, 2.05) is 13.0 Å². The van der Waals surface area contributed by atoms with Gasteiger partial charge >= 0.3 is 0 Å². The minimum atomic E-state index is -0.351. The number of nitro groups is 1. The maximum Gasteiger partial charge on any atom is 0.269 e. The molecular weight excluding hydrogens is 254 g/mol. The van der Waals surface area contributed by atoms with Crippen LogP contribution in [-0.4, -0.2) is 36.5 Å². The van der Waals surface area contributed by atoms with Crippen molar-refractivity contribution in [3.8, 4) is 0 Å². The molecule has 1 aromatic rings. The standard InChI is InChI=1S/C15H25N3O2/c1-11(2)15(10-17(4)5)16-12(3)13-7-6-8-14(9-13)18(19)20/h6-9,11-12,15-16H,10H2,1-5H3. The SMILES string of the molecule is CC(NC(CN(C)C)C(C)C)c1cccc([N+](=O)[O-])c1. The molecule has 5 nitrogen and oxygen atoms in total. The van der Waals surface area contributed by atoms with E-state index in [2.05, 4.69) is 38.2 Å². The number of nitrogens with zero attached hydrogens (tertiary/aromatic N) is 2. The molecule has 0 aliphatic carbocycles. The van der Waals surface area contributed by atoms with Crippen LogP contribution in [0.4, 0.5) is 5.69 Å². The lowest BCUT2D eigenvalue weighted by Gasteiger charge is -2.29. The van der Waals surface area contributed by atoms with Crippen molar-refractivity contribution in [2.75, 3.05) is 20.6 Å². The zero-order chi connectivity index (χ0) is 15.3. The van der Waals surface area contributed by atoms with Crippen LogP contribution < -0.4 is 5.32 Å². The van der Waals surface area contributed by atoms with Gasteiger partial charge in [-0.3, -0.25) is 10.1 Å². The predicted molar refractivity (Wildman–Crippen MR) is 81.8 cm³/mol. The van der Waals surface area contributed by atoms with Gasteiger partial charge in [-0.25, -0.2) is 0 Å². The average Bonchev–Trinajstić information content (AvgIpc) is 2.37. The van der Waals surface area contributed by atoms with Crippen molar-refractivity contribution in [1.82, 2.24) is 10.2 Å². The fourth-order valence-electron chi connectivity index (χ4n) is 2.17. The Morgan fingerprint density at radius 2 is 1.95 bits per heavy atom. The molecule has 0 amide bonds. The van der Waals surface area contributed by atoms with Crippen molar-refractivity contribution in [2.24, 2.45) is 5.92 Å². The molecule has 0 radical (unpaired) electrons. The highest BCUT2D eigenvalue weighted by molar-refractivity contribution is 5.35. The zero-order valence-corrected chi connectivity index (χ0v) is 13.0. The summed E-state index contributed by atoms with van der Waals surface area (Å²) >= 11 is 0. The van der Waals surface area contributed by atoms with Gasteiger partial charge in [-0.05, 0) is 32.5 Å². The maximum absolute atomic E-state index is 10.8. The molecule has 5 heteroatoms. The average molecular weight is 279 g/mol. The topological polar surface area (TPSA) is 58.4 Å². The first-order chi connectivity index (χ1) is 9.31. The molecule has 0 saturated heterocycles. The van der Waals surface area contributed by atoms with Crippen LogP contribution >= 0.6 is 0 Å². The quantitative estimate of drug-likeness (QED) is 0.616. The van der Waals surface area contributed by atoms with Gasteiger partial charge in [-0.15, -0.1) is 0 Å². The van der Waals surface area contributed by atoms with Gasteiger partial charge in [0.15, 0.2) is 0 Å². The second-order valence-corrected chi connectivity index (χ2v) is 5.85. The van der Waals surface area contributed by atoms with E-state index in [0.29, 0.717) is 12.0 Å². The van der Waals surface area contributed by atoms with Gasteiger partial charge in [0, 0.05) is 30.8 Å². The number of nitro benzene ring substituents is 1. The Bertz CT molecular complexity index is 446. The van der Waals surface area contributed by atoms with Gasteiger partial charge in [-0.1, -0.05) is 26.0 Å². The number of hydrogen-bond acceptors (Lipinski definition) is 4. The van der Waals surface area contributed by atoms with Crippen LogP contribution in [0.25, 0.3) is 0 Å². The van der Waals surface area contributed by atoms with E-state index < -0.39 is 0 Å². The van der Waals surface area contributed by atoms with Crippen LogP contribution in [0, 0.1) is 16.0 Å². The molecule has 0 spiro atoms. The van der Waals surface area contributed by atoms with Crippen molar-refractivity contribution >= 4 is 5.69 Å². The molecule has 1 N–H and O–H groups in total. The van der Waals surface area contributed by atoms with Crippen LogP contribution in [0.5, 0.6) is 0 Å². The molecule has 20 heavy (non-hydrogen) atoms. The lowest BCUT2D eigenvalue weighted by molar-refractivity contribution is -0.384. The van der Waals surface area contributed by atoms with Gasteiger partial charge in [-0.2, -0.15) is 0 Å². The van der Waals surface area contributed by atoms with E-state index >= 15 is 0 Å². The maximum atomic E-state index is 10.8. The Morgan fingerprint density at radius 1 is 1.30 bits per heavy atom. The summed E-state index contributed by atoms with van der Waals surface area (Å²) in [7, 11) is 4.10. The van der Waals surface area contributed by atoms with Gasteiger partial charge in [0.1, 0.15) is 0 Å². The van der Waals surface area contributed by atoms with Crippen LogP contribution in [0.2, 0.25) is 0 Å². The number of rotatable bonds is 7. The molecule has 0 aliphatic heterocycles. The Balaban J connectivity index is 2.80.